The molecule has 4 atom stereocenters. The fourth-order valence-electron chi connectivity index (χ4n) is 2.34. The molecule has 5 heteroatoms. The average Bonchev–Trinajstić information content (AvgIpc) is 2.30. The second kappa shape index (κ2) is 6.16. The highest BCUT2D eigenvalue weighted by Crippen LogP contribution is 2.41. The predicted octanol–water partition coefficient (Wildman–Crippen LogP) is 2.96. The number of cyclic esters (lactones) is 1. The van der Waals surface area contributed by atoms with Gasteiger partial charge in [-0.2, -0.15) is 0 Å². The fraction of sp³-hybridized carbons (Fsp3) is 0.933. The molecule has 0 radical (unpaired) electrons. The van der Waals surface area contributed by atoms with Crippen molar-refractivity contribution >= 4 is 14.3 Å². The van der Waals surface area contributed by atoms with Crippen molar-refractivity contribution in [3.63, 3.8) is 0 Å². The lowest BCUT2D eigenvalue weighted by Gasteiger charge is -2.46. The molecule has 0 aromatic rings. The van der Waals surface area contributed by atoms with Gasteiger partial charge in [-0.1, -0.05) is 27.7 Å². The van der Waals surface area contributed by atoms with Crippen molar-refractivity contribution in [2.75, 3.05) is 6.61 Å². The molecule has 0 amide bonds. The van der Waals surface area contributed by atoms with E-state index < -0.39 is 8.32 Å². The smallest absolute Gasteiger partial charge is 0.311 e. The monoisotopic (exact) mass is 302 g/mol. The van der Waals surface area contributed by atoms with Crippen LogP contribution in [-0.2, 0) is 14.0 Å². The third kappa shape index (κ3) is 3.62. The number of carbonyl (C=O) groups excluding carboxylic acids is 1. The minimum atomic E-state index is -1.93. The van der Waals surface area contributed by atoms with E-state index in [0.717, 1.165) is 0 Å². The van der Waals surface area contributed by atoms with Crippen molar-refractivity contribution in [3.8, 4) is 0 Å². The summed E-state index contributed by atoms with van der Waals surface area (Å²) in [5.74, 6) is -0.330. The first-order valence-electron chi connectivity index (χ1n) is 7.50. The Morgan fingerprint density at radius 1 is 1.30 bits per heavy atom. The van der Waals surface area contributed by atoms with Gasteiger partial charge in [0.05, 0.1) is 12.0 Å². The molecule has 0 aliphatic carbocycles. The van der Waals surface area contributed by atoms with Crippen LogP contribution in [0.15, 0.2) is 0 Å². The van der Waals surface area contributed by atoms with E-state index in [4.69, 9.17) is 14.3 Å². The summed E-state index contributed by atoms with van der Waals surface area (Å²) >= 11 is 0. The van der Waals surface area contributed by atoms with Crippen molar-refractivity contribution in [2.24, 2.45) is 11.8 Å². The predicted molar refractivity (Wildman–Crippen MR) is 82.0 cm³/mol. The molecule has 0 aromatic heterocycles. The van der Waals surface area contributed by atoms with E-state index in [1.165, 1.54) is 0 Å². The van der Waals surface area contributed by atoms with Gasteiger partial charge in [-0.3, -0.25) is 4.79 Å². The molecule has 1 aliphatic heterocycles. The Labute approximate surface area is 124 Å². The molecule has 20 heavy (non-hydrogen) atoms. The van der Waals surface area contributed by atoms with E-state index in [0.29, 0.717) is 6.42 Å². The van der Waals surface area contributed by atoms with Crippen LogP contribution in [0.2, 0.25) is 18.1 Å². The summed E-state index contributed by atoms with van der Waals surface area (Å²) in [5, 5.41) is 9.22. The van der Waals surface area contributed by atoms with Crippen LogP contribution in [0.25, 0.3) is 0 Å². The summed E-state index contributed by atoms with van der Waals surface area (Å²) in [6.07, 6.45) is 0.129. The minimum Gasteiger partial charge on any atom is -0.462 e. The number of aliphatic hydroxyl groups excluding tert-OH is 1. The molecule has 4 nitrogen and oxygen atoms in total. The summed E-state index contributed by atoms with van der Waals surface area (Å²) in [7, 11) is -1.93. The molecule has 1 saturated heterocycles. The van der Waals surface area contributed by atoms with Crippen molar-refractivity contribution in [3.05, 3.63) is 0 Å². The number of ether oxygens (including phenoxy) is 1. The van der Waals surface area contributed by atoms with Gasteiger partial charge in [-0.25, -0.2) is 0 Å². The lowest BCUT2D eigenvalue weighted by atomic mass is 9.85. The number of hydrogen-bond donors (Lipinski definition) is 1. The number of carbonyl (C=O) groups is 1. The van der Waals surface area contributed by atoms with E-state index >= 15 is 0 Å². The van der Waals surface area contributed by atoms with Crippen molar-refractivity contribution in [2.45, 2.75) is 71.4 Å². The summed E-state index contributed by atoms with van der Waals surface area (Å²) < 4.78 is 11.9. The molecule has 0 saturated carbocycles. The zero-order valence-corrected chi connectivity index (χ0v) is 14.9. The van der Waals surface area contributed by atoms with Crippen LogP contribution in [0.5, 0.6) is 0 Å². The van der Waals surface area contributed by atoms with Gasteiger partial charge >= 0.3 is 5.97 Å². The van der Waals surface area contributed by atoms with Gasteiger partial charge in [0.15, 0.2) is 8.32 Å². The molecule has 1 N–H and O–H groups in total. The van der Waals surface area contributed by atoms with Gasteiger partial charge < -0.3 is 14.3 Å². The Balaban J connectivity index is 2.92. The average molecular weight is 302 g/mol. The number of hydrogen-bond acceptors (Lipinski definition) is 4. The Morgan fingerprint density at radius 3 is 2.30 bits per heavy atom. The van der Waals surface area contributed by atoms with E-state index in [1.807, 2.05) is 6.92 Å². The Kier molecular flexibility index (Phi) is 5.44. The van der Waals surface area contributed by atoms with Crippen LogP contribution in [0.1, 0.15) is 41.0 Å². The first-order chi connectivity index (χ1) is 9.01. The topological polar surface area (TPSA) is 55.8 Å². The maximum Gasteiger partial charge on any atom is 0.311 e. The molecular weight excluding hydrogens is 272 g/mol. The molecule has 0 bridgehead atoms. The van der Waals surface area contributed by atoms with Crippen molar-refractivity contribution in [1.29, 1.82) is 0 Å². The maximum absolute atomic E-state index is 12.0. The molecule has 0 spiro atoms. The Morgan fingerprint density at radius 2 is 1.85 bits per heavy atom. The highest BCUT2D eigenvalue weighted by molar-refractivity contribution is 6.74. The number of rotatable bonds is 4. The third-order valence-electron chi connectivity index (χ3n) is 4.89. The van der Waals surface area contributed by atoms with E-state index in [2.05, 4.69) is 40.8 Å². The van der Waals surface area contributed by atoms with Crippen LogP contribution in [0, 0.1) is 11.8 Å². The van der Waals surface area contributed by atoms with Crippen LogP contribution in [0.3, 0.4) is 0 Å². The molecule has 1 rings (SSSR count). The molecule has 0 unspecified atom stereocenters. The number of esters is 1. The lowest BCUT2D eigenvalue weighted by Crippen LogP contribution is -2.54. The van der Waals surface area contributed by atoms with Gasteiger partial charge in [-0.15, -0.1) is 0 Å². The molecule has 118 valence electrons. The number of aliphatic hydroxyl groups is 1. The van der Waals surface area contributed by atoms with Crippen molar-refractivity contribution in [1.82, 2.24) is 0 Å². The van der Waals surface area contributed by atoms with Crippen LogP contribution in [0.4, 0.5) is 0 Å². The first-order valence-corrected chi connectivity index (χ1v) is 10.4. The summed E-state index contributed by atoms with van der Waals surface area (Å²) in [4.78, 5) is 12.0. The molecule has 1 fully saturated rings. The molecule has 0 aromatic carbocycles. The zero-order valence-electron chi connectivity index (χ0n) is 13.9. The van der Waals surface area contributed by atoms with Gasteiger partial charge in [-0.05, 0) is 25.1 Å². The quantitative estimate of drug-likeness (QED) is 0.641. The van der Waals surface area contributed by atoms with Crippen LogP contribution >= 0.6 is 0 Å². The summed E-state index contributed by atoms with van der Waals surface area (Å²) in [6.45, 7) is 15.0. The largest absolute Gasteiger partial charge is 0.462 e. The highest BCUT2D eigenvalue weighted by atomic mass is 28.4. The van der Waals surface area contributed by atoms with Gasteiger partial charge in [0.2, 0.25) is 0 Å². The normalized spacial score (nSPS) is 32.1. The van der Waals surface area contributed by atoms with E-state index in [1.54, 1.807) is 0 Å². The minimum absolute atomic E-state index is 0.0312. The second-order valence-electron chi connectivity index (χ2n) is 7.48. The van der Waals surface area contributed by atoms with Crippen LogP contribution < -0.4 is 0 Å². The molecule has 1 heterocycles. The van der Waals surface area contributed by atoms with Gasteiger partial charge in [0, 0.05) is 18.9 Å². The van der Waals surface area contributed by atoms with E-state index in [9.17, 15) is 4.79 Å². The maximum atomic E-state index is 12.0. The van der Waals surface area contributed by atoms with Crippen LogP contribution in [-0.4, -0.2) is 38.2 Å². The zero-order chi connectivity index (χ0) is 15.7. The standard InChI is InChI=1S/C15H30O4Si/c1-10-12(8-9-16)18-14(17)11(2)13(10)19-20(6,7)15(3,4)5/h10-13,16H,8-9H2,1-7H3/t10-,11+,12-,13-/m1/s1. The highest BCUT2D eigenvalue weighted by Gasteiger charge is 2.47. The lowest BCUT2D eigenvalue weighted by molar-refractivity contribution is -0.177. The summed E-state index contributed by atoms with van der Waals surface area (Å²) in [5.41, 5.74) is 0. The van der Waals surface area contributed by atoms with Gasteiger partial charge in [0.1, 0.15) is 6.10 Å². The van der Waals surface area contributed by atoms with Crippen molar-refractivity contribution < 1.29 is 19.1 Å². The third-order valence-corrected chi connectivity index (χ3v) is 9.36. The Bertz CT molecular complexity index is 348. The summed E-state index contributed by atoms with van der Waals surface area (Å²) in [6, 6.07) is 0. The molecule has 1 aliphatic rings. The first kappa shape index (κ1) is 17.7. The second-order valence-corrected chi connectivity index (χ2v) is 12.2. The fourth-order valence-corrected chi connectivity index (χ4v) is 3.79. The Hall–Kier alpha value is -0.393. The SMILES string of the molecule is C[C@H]1[C@@H](O[Si](C)(C)C(C)(C)C)[C@H](C)C(=O)O[C@@H]1CCO. The molecular formula is C15H30O4Si. The van der Waals surface area contributed by atoms with E-state index in [-0.39, 0.29) is 41.7 Å². The van der Waals surface area contributed by atoms with Gasteiger partial charge in [0.25, 0.3) is 0 Å².